The minimum absolute atomic E-state index is 0.0868. The molecule has 2 heterocycles. The van der Waals surface area contributed by atoms with E-state index < -0.39 is 0 Å². The van der Waals surface area contributed by atoms with E-state index in [4.69, 9.17) is 0 Å². The highest BCUT2D eigenvalue weighted by atomic mass is 32.1. The van der Waals surface area contributed by atoms with Gasteiger partial charge in [-0.2, -0.15) is 5.10 Å². The summed E-state index contributed by atoms with van der Waals surface area (Å²) in [5.74, 6) is 0.0868. The second-order valence-corrected chi connectivity index (χ2v) is 4.86. The van der Waals surface area contributed by atoms with Crippen LogP contribution in [0.2, 0.25) is 0 Å². The maximum atomic E-state index is 12.3. The first-order chi connectivity index (χ1) is 7.63. The molecule has 0 radical (unpaired) electrons. The summed E-state index contributed by atoms with van der Waals surface area (Å²) in [4.78, 5) is 13.3. The Morgan fingerprint density at radius 1 is 1.50 bits per heavy atom. The van der Waals surface area contributed by atoms with Crippen LogP contribution in [0.1, 0.15) is 33.4 Å². The number of aromatic nitrogens is 2. The molecule has 0 spiro atoms. The van der Waals surface area contributed by atoms with Crippen molar-refractivity contribution in [1.29, 1.82) is 0 Å². The SMILES string of the molecule is CCc1nn(C)cc1C(=O)c1ccsc1C. The number of carbonyl (C=O) groups excluding carboxylic acids is 1. The van der Waals surface area contributed by atoms with Crippen molar-refractivity contribution in [1.82, 2.24) is 9.78 Å². The lowest BCUT2D eigenvalue weighted by Gasteiger charge is -1.98. The fourth-order valence-electron chi connectivity index (χ4n) is 1.75. The van der Waals surface area contributed by atoms with Crippen molar-refractivity contribution in [3.8, 4) is 0 Å². The maximum Gasteiger partial charge on any atom is 0.197 e. The monoisotopic (exact) mass is 234 g/mol. The van der Waals surface area contributed by atoms with Crippen LogP contribution in [-0.4, -0.2) is 15.6 Å². The van der Waals surface area contributed by atoms with Gasteiger partial charge >= 0.3 is 0 Å². The highest BCUT2D eigenvalue weighted by Gasteiger charge is 2.18. The molecule has 4 heteroatoms. The molecule has 2 rings (SSSR count). The second kappa shape index (κ2) is 4.22. The Labute approximate surface area is 98.7 Å². The Balaban J connectivity index is 2.45. The van der Waals surface area contributed by atoms with Crippen molar-refractivity contribution in [2.24, 2.45) is 7.05 Å². The molecule has 0 amide bonds. The standard InChI is InChI=1S/C12H14N2OS/c1-4-11-10(7-14(3)13-11)12(15)9-5-6-16-8(9)2/h5-7H,4H2,1-3H3. The van der Waals surface area contributed by atoms with Gasteiger partial charge in [0.1, 0.15) is 0 Å². The highest BCUT2D eigenvalue weighted by molar-refractivity contribution is 7.10. The van der Waals surface area contributed by atoms with Crippen molar-refractivity contribution in [3.63, 3.8) is 0 Å². The number of hydrogen-bond acceptors (Lipinski definition) is 3. The van der Waals surface area contributed by atoms with E-state index in [9.17, 15) is 4.79 Å². The van der Waals surface area contributed by atoms with E-state index in [0.29, 0.717) is 0 Å². The van der Waals surface area contributed by atoms with Crippen LogP contribution in [0.3, 0.4) is 0 Å². The van der Waals surface area contributed by atoms with E-state index in [1.807, 2.05) is 32.3 Å². The van der Waals surface area contributed by atoms with Gasteiger partial charge in [-0.05, 0) is 24.8 Å². The molecule has 0 unspecified atom stereocenters. The molecule has 16 heavy (non-hydrogen) atoms. The molecule has 3 nitrogen and oxygen atoms in total. The maximum absolute atomic E-state index is 12.3. The molecule has 0 saturated heterocycles. The fraction of sp³-hybridized carbons (Fsp3) is 0.333. The first-order valence-corrected chi connectivity index (χ1v) is 6.12. The van der Waals surface area contributed by atoms with E-state index in [2.05, 4.69) is 5.10 Å². The van der Waals surface area contributed by atoms with Crippen LogP contribution in [0.5, 0.6) is 0 Å². The van der Waals surface area contributed by atoms with Gasteiger partial charge in [0.15, 0.2) is 5.78 Å². The first kappa shape index (κ1) is 11.1. The molecule has 84 valence electrons. The zero-order valence-electron chi connectivity index (χ0n) is 9.65. The van der Waals surface area contributed by atoms with Crippen molar-refractivity contribution in [3.05, 3.63) is 39.3 Å². The predicted molar refractivity (Wildman–Crippen MR) is 65.1 cm³/mol. The van der Waals surface area contributed by atoms with Gasteiger partial charge in [-0.1, -0.05) is 6.92 Å². The Hall–Kier alpha value is -1.42. The van der Waals surface area contributed by atoms with Crippen LogP contribution in [0, 0.1) is 6.92 Å². The molecule has 0 aliphatic carbocycles. The smallest absolute Gasteiger partial charge is 0.197 e. The average Bonchev–Trinajstić information content (AvgIpc) is 2.83. The molecule has 0 fully saturated rings. The van der Waals surface area contributed by atoms with Crippen LogP contribution in [0.25, 0.3) is 0 Å². The summed E-state index contributed by atoms with van der Waals surface area (Å²) in [5, 5.41) is 6.24. The number of carbonyl (C=O) groups is 1. The third-order valence-corrected chi connectivity index (χ3v) is 3.43. The molecular weight excluding hydrogens is 220 g/mol. The quantitative estimate of drug-likeness (QED) is 0.765. The van der Waals surface area contributed by atoms with Crippen LogP contribution in [-0.2, 0) is 13.5 Å². The minimum Gasteiger partial charge on any atom is -0.288 e. The van der Waals surface area contributed by atoms with Gasteiger partial charge < -0.3 is 0 Å². The van der Waals surface area contributed by atoms with Crippen molar-refractivity contribution >= 4 is 17.1 Å². The zero-order valence-corrected chi connectivity index (χ0v) is 10.5. The minimum atomic E-state index is 0.0868. The number of nitrogens with zero attached hydrogens (tertiary/aromatic N) is 2. The highest BCUT2D eigenvalue weighted by Crippen LogP contribution is 2.20. The van der Waals surface area contributed by atoms with E-state index in [1.165, 1.54) is 0 Å². The lowest BCUT2D eigenvalue weighted by Crippen LogP contribution is -2.03. The normalized spacial score (nSPS) is 10.7. The predicted octanol–water partition coefficient (Wildman–Crippen LogP) is 2.58. The molecule has 0 aromatic carbocycles. The lowest BCUT2D eigenvalue weighted by atomic mass is 10.0. The number of rotatable bonds is 3. The molecule has 0 N–H and O–H groups in total. The Kier molecular flexibility index (Phi) is 2.92. The van der Waals surface area contributed by atoms with Gasteiger partial charge in [0.2, 0.25) is 0 Å². The number of thiophene rings is 1. The van der Waals surface area contributed by atoms with Gasteiger partial charge in [0.25, 0.3) is 0 Å². The van der Waals surface area contributed by atoms with Crippen LogP contribution in [0.15, 0.2) is 17.6 Å². The van der Waals surface area contributed by atoms with E-state index >= 15 is 0 Å². The summed E-state index contributed by atoms with van der Waals surface area (Å²) in [6.07, 6.45) is 2.59. The molecule has 0 aliphatic heterocycles. The fourth-order valence-corrected chi connectivity index (χ4v) is 2.45. The largest absolute Gasteiger partial charge is 0.288 e. The van der Waals surface area contributed by atoms with E-state index in [0.717, 1.165) is 28.1 Å². The number of hydrogen-bond donors (Lipinski definition) is 0. The molecule has 0 aliphatic rings. The van der Waals surface area contributed by atoms with Crippen molar-refractivity contribution < 1.29 is 4.79 Å². The zero-order chi connectivity index (χ0) is 11.7. The molecular formula is C12H14N2OS. The van der Waals surface area contributed by atoms with Gasteiger partial charge in [0.05, 0.1) is 11.3 Å². The molecule has 0 atom stereocenters. The average molecular weight is 234 g/mol. The van der Waals surface area contributed by atoms with Crippen LogP contribution < -0.4 is 0 Å². The summed E-state index contributed by atoms with van der Waals surface area (Å²) in [6, 6.07) is 1.88. The lowest BCUT2D eigenvalue weighted by molar-refractivity contribution is 0.103. The third-order valence-electron chi connectivity index (χ3n) is 2.59. The molecule has 2 aromatic heterocycles. The summed E-state index contributed by atoms with van der Waals surface area (Å²) >= 11 is 1.60. The molecule has 2 aromatic rings. The summed E-state index contributed by atoms with van der Waals surface area (Å²) in [6.45, 7) is 3.99. The summed E-state index contributed by atoms with van der Waals surface area (Å²) in [5.41, 5.74) is 2.40. The Morgan fingerprint density at radius 3 is 2.81 bits per heavy atom. The van der Waals surface area contributed by atoms with Crippen LogP contribution in [0.4, 0.5) is 0 Å². The Bertz CT molecular complexity index is 525. The van der Waals surface area contributed by atoms with Gasteiger partial charge in [-0.25, -0.2) is 0 Å². The summed E-state index contributed by atoms with van der Waals surface area (Å²) in [7, 11) is 1.84. The van der Waals surface area contributed by atoms with Gasteiger partial charge in [-0.15, -0.1) is 11.3 Å². The third kappa shape index (κ3) is 1.80. The first-order valence-electron chi connectivity index (χ1n) is 5.24. The topological polar surface area (TPSA) is 34.9 Å². The van der Waals surface area contributed by atoms with E-state index in [1.54, 1.807) is 22.2 Å². The van der Waals surface area contributed by atoms with Crippen LogP contribution >= 0.6 is 11.3 Å². The van der Waals surface area contributed by atoms with Gasteiger partial charge in [0, 0.05) is 23.7 Å². The molecule has 0 bridgehead atoms. The number of aryl methyl sites for hydroxylation is 3. The van der Waals surface area contributed by atoms with Crippen molar-refractivity contribution in [2.75, 3.05) is 0 Å². The van der Waals surface area contributed by atoms with E-state index in [-0.39, 0.29) is 5.78 Å². The summed E-state index contributed by atoms with van der Waals surface area (Å²) < 4.78 is 1.70. The Morgan fingerprint density at radius 2 is 2.25 bits per heavy atom. The van der Waals surface area contributed by atoms with Crippen molar-refractivity contribution in [2.45, 2.75) is 20.3 Å². The number of ketones is 1. The second-order valence-electron chi connectivity index (χ2n) is 3.74. The molecule has 0 saturated carbocycles. The van der Waals surface area contributed by atoms with Gasteiger partial charge in [-0.3, -0.25) is 9.48 Å².